The maximum absolute atomic E-state index is 12.5. The summed E-state index contributed by atoms with van der Waals surface area (Å²) in [6.45, 7) is 1.76. The molecule has 0 aliphatic heterocycles. The van der Waals surface area contributed by atoms with Crippen molar-refractivity contribution in [2.75, 3.05) is 19.0 Å². The van der Waals surface area contributed by atoms with Gasteiger partial charge in [-0.05, 0) is 25.1 Å². The van der Waals surface area contributed by atoms with Gasteiger partial charge in [-0.25, -0.2) is 27.9 Å². The maximum atomic E-state index is 12.5. The monoisotopic (exact) mass is 363 g/mol. The fraction of sp³-hybridized carbons (Fsp3) is 0.267. The number of sulfonamides is 1. The van der Waals surface area contributed by atoms with Crippen LogP contribution in [-0.2, 0) is 16.6 Å². The molecule has 0 saturated heterocycles. The lowest BCUT2D eigenvalue weighted by Gasteiger charge is -2.13. The molecule has 0 amide bonds. The zero-order valence-electron chi connectivity index (χ0n) is 13.9. The van der Waals surface area contributed by atoms with Gasteiger partial charge in [0.2, 0.25) is 10.0 Å². The number of H-pyrrole nitrogens is 1. The van der Waals surface area contributed by atoms with Crippen LogP contribution in [0.1, 0.15) is 11.5 Å². The number of nitrogens with one attached hydrogen (secondary N) is 2. The molecule has 132 valence electrons. The Balaban J connectivity index is 1.84. The second-order valence-electron chi connectivity index (χ2n) is 5.68. The molecule has 9 nitrogen and oxygen atoms in total. The first-order valence-electron chi connectivity index (χ1n) is 7.39. The van der Waals surface area contributed by atoms with Gasteiger partial charge in [0.25, 0.3) is 0 Å². The molecular formula is C15H17N5O4S. The summed E-state index contributed by atoms with van der Waals surface area (Å²) in [4.78, 5) is 24.0. The Kier molecular flexibility index (Phi) is 4.31. The number of aryl methyl sites for hydroxylation is 1. The van der Waals surface area contributed by atoms with Crippen LogP contribution in [0.2, 0.25) is 0 Å². The highest BCUT2D eigenvalue weighted by Crippen LogP contribution is 2.17. The number of fused-ring (bicyclic) bond motifs is 1. The summed E-state index contributed by atoms with van der Waals surface area (Å²) >= 11 is 0. The van der Waals surface area contributed by atoms with Gasteiger partial charge >= 0.3 is 5.76 Å². The lowest BCUT2D eigenvalue weighted by molar-refractivity contribution is 0.555. The molecule has 0 radical (unpaired) electrons. The molecule has 2 heterocycles. The summed E-state index contributed by atoms with van der Waals surface area (Å²) in [6.07, 6.45) is 0. The lowest BCUT2D eigenvalue weighted by Crippen LogP contribution is -2.25. The summed E-state index contributed by atoms with van der Waals surface area (Å²) in [5.41, 5.74) is 1.35. The van der Waals surface area contributed by atoms with E-state index in [0.717, 1.165) is 5.69 Å². The Morgan fingerprint density at radius 1 is 1.24 bits per heavy atom. The standard InChI is InChI=1S/C15H17N5O4S/c1-9-6-14(20(2)3)19-13(17-9)8-16-25(22,23)10-4-5-12-11(7-10)18-15(21)24-12/h4-7,16H,8H2,1-3H3,(H,18,21). The summed E-state index contributed by atoms with van der Waals surface area (Å²) < 4.78 is 32.2. The number of hydrogen-bond acceptors (Lipinski definition) is 7. The predicted molar refractivity (Wildman–Crippen MR) is 92.0 cm³/mol. The van der Waals surface area contributed by atoms with Crippen LogP contribution in [0.3, 0.4) is 0 Å². The van der Waals surface area contributed by atoms with Crippen molar-refractivity contribution in [3.05, 3.63) is 46.3 Å². The van der Waals surface area contributed by atoms with Gasteiger partial charge in [-0.1, -0.05) is 0 Å². The van der Waals surface area contributed by atoms with Crippen LogP contribution in [0.4, 0.5) is 5.82 Å². The van der Waals surface area contributed by atoms with Gasteiger partial charge in [-0.15, -0.1) is 0 Å². The topological polar surface area (TPSA) is 121 Å². The van der Waals surface area contributed by atoms with E-state index in [2.05, 4.69) is 19.7 Å². The van der Waals surface area contributed by atoms with Crippen molar-refractivity contribution in [1.82, 2.24) is 19.7 Å². The second-order valence-corrected chi connectivity index (χ2v) is 7.44. The maximum Gasteiger partial charge on any atom is 0.417 e. The van der Waals surface area contributed by atoms with E-state index >= 15 is 0 Å². The molecule has 0 spiro atoms. The highest BCUT2D eigenvalue weighted by molar-refractivity contribution is 7.89. The van der Waals surface area contributed by atoms with Crippen molar-refractivity contribution in [3.8, 4) is 0 Å². The molecular weight excluding hydrogens is 346 g/mol. The Hall–Kier alpha value is -2.72. The fourth-order valence-corrected chi connectivity index (χ4v) is 3.27. The van der Waals surface area contributed by atoms with Crippen LogP contribution in [0.25, 0.3) is 11.1 Å². The normalized spacial score (nSPS) is 11.8. The second kappa shape index (κ2) is 6.30. The fourth-order valence-electron chi connectivity index (χ4n) is 2.26. The molecule has 3 aromatic rings. The number of oxazole rings is 1. The molecule has 0 aliphatic rings. The third-order valence-corrected chi connectivity index (χ3v) is 4.87. The zero-order valence-corrected chi connectivity index (χ0v) is 14.7. The van der Waals surface area contributed by atoms with Crippen LogP contribution >= 0.6 is 0 Å². The summed E-state index contributed by atoms with van der Waals surface area (Å²) in [6, 6.07) is 5.94. The van der Waals surface area contributed by atoms with Crippen LogP contribution in [0.5, 0.6) is 0 Å². The molecule has 0 bridgehead atoms. The first kappa shape index (κ1) is 17.1. The Morgan fingerprint density at radius 2 is 2.00 bits per heavy atom. The Morgan fingerprint density at radius 3 is 2.72 bits per heavy atom. The number of nitrogens with zero attached hydrogens (tertiary/aromatic N) is 3. The quantitative estimate of drug-likeness (QED) is 0.686. The molecule has 3 rings (SSSR count). The van der Waals surface area contributed by atoms with Gasteiger partial charge in [0, 0.05) is 25.9 Å². The van der Waals surface area contributed by atoms with E-state index in [1.165, 1.54) is 18.2 Å². The Labute approximate surface area is 143 Å². The lowest BCUT2D eigenvalue weighted by atomic mass is 10.3. The van der Waals surface area contributed by atoms with Crippen LogP contribution in [-0.4, -0.2) is 37.5 Å². The van der Waals surface area contributed by atoms with E-state index in [4.69, 9.17) is 4.42 Å². The molecule has 0 fully saturated rings. The molecule has 2 N–H and O–H groups in total. The van der Waals surface area contributed by atoms with Crippen molar-refractivity contribution in [2.45, 2.75) is 18.4 Å². The van der Waals surface area contributed by atoms with E-state index in [0.29, 0.717) is 22.7 Å². The molecule has 0 saturated carbocycles. The molecule has 25 heavy (non-hydrogen) atoms. The molecule has 0 unspecified atom stereocenters. The van der Waals surface area contributed by atoms with Crippen LogP contribution < -0.4 is 15.4 Å². The number of anilines is 1. The van der Waals surface area contributed by atoms with Crippen molar-refractivity contribution >= 4 is 26.9 Å². The van der Waals surface area contributed by atoms with Crippen molar-refractivity contribution in [1.29, 1.82) is 0 Å². The minimum absolute atomic E-state index is 0.0116. The number of aromatic nitrogens is 3. The predicted octanol–water partition coefficient (Wildman–Crippen LogP) is 0.764. The van der Waals surface area contributed by atoms with Gasteiger partial charge in [0.05, 0.1) is 17.0 Å². The minimum atomic E-state index is -3.79. The van der Waals surface area contributed by atoms with Crippen LogP contribution in [0, 0.1) is 6.92 Å². The highest BCUT2D eigenvalue weighted by Gasteiger charge is 2.16. The van der Waals surface area contributed by atoms with Crippen molar-refractivity contribution in [2.24, 2.45) is 0 Å². The molecule has 10 heteroatoms. The number of benzene rings is 1. The largest absolute Gasteiger partial charge is 0.417 e. The van der Waals surface area contributed by atoms with E-state index in [1.54, 1.807) is 6.07 Å². The number of aromatic amines is 1. The zero-order chi connectivity index (χ0) is 18.2. The van der Waals surface area contributed by atoms with E-state index < -0.39 is 15.8 Å². The third-order valence-electron chi connectivity index (χ3n) is 3.47. The molecule has 0 aliphatic carbocycles. The summed E-state index contributed by atoms with van der Waals surface area (Å²) in [7, 11) is -0.106. The van der Waals surface area contributed by atoms with E-state index in [1.807, 2.05) is 25.9 Å². The van der Waals surface area contributed by atoms with E-state index in [9.17, 15) is 13.2 Å². The first-order valence-corrected chi connectivity index (χ1v) is 8.87. The van der Waals surface area contributed by atoms with E-state index in [-0.39, 0.29) is 11.4 Å². The summed E-state index contributed by atoms with van der Waals surface area (Å²) in [5.74, 6) is 0.422. The van der Waals surface area contributed by atoms with Crippen molar-refractivity contribution in [3.63, 3.8) is 0 Å². The van der Waals surface area contributed by atoms with Gasteiger partial charge in [-0.3, -0.25) is 4.98 Å². The minimum Gasteiger partial charge on any atom is -0.408 e. The van der Waals surface area contributed by atoms with Crippen LogP contribution in [0.15, 0.2) is 38.4 Å². The third kappa shape index (κ3) is 3.69. The SMILES string of the molecule is Cc1cc(N(C)C)nc(CNS(=O)(=O)c2ccc3oc(=O)[nH]c3c2)n1. The number of hydrogen-bond donors (Lipinski definition) is 2. The smallest absolute Gasteiger partial charge is 0.408 e. The average molecular weight is 363 g/mol. The molecule has 2 aromatic heterocycles. The first-order chi connectivity index (χ1) is 11.7. The number of rotatable bonds is 5. The van der Waals surface area contributed by atoms with Gasteiger partial charge < -0.3 is 9.32 Å². The molecule has 1 aromatic carbocycles. The van der Waals surface area contributed by atoms with Gasteiger partial charge in [0.1, 0.15) is 11.6 Å². The Bertz CT molecular complexity index is 1080. The molecule has 0 atom stereocenters. The van der Waals surface area contributed by atoms with Gasteiger partial charge in [0.15, 0.2) is 5.58 Å². The van der Waals surface area contributed by atoms with Gasteiger partial charge in [-0.2, -0.15) is 0 Å². The average Bonchev–Trinajstić information content (AvgIpc) is 2.91. The summed E-state index contributed by atoms with van der Waals surface area (Å²) in [5, 5.41) is 0. The van der Waals surface area contributed by atoms with Crippen molar-refractivity contribution < 1.29 is 12.8 Å². The highest BCUT2D eigenvalue weighted by atomic mass is 32.2.